The van der Waals surface area contributed by atoms with E-state index in [1.165, 1.54) is 6.42 Å². The van der Waals surface area contributed by atoms with Gasteiger partial charge >= 0.3 is 0 Å². The molecule has 1 aliphatic heterocycles. The molecule has 1 unspecified atom stereocenters. The molecule has 7 nitrogen and oxygen atoms in total. The summed E-state index contributed by atoms with van der Waals surface area (Å²) in [5, 5.41) is 3.42. The van der Waals surface area contributed by atoms with E-state index >= 15 is 0 Å². The number of anilines is 1. The number of ether oxygens (including phenoxy) is 1. The summed E-state index contributed by atoms with van der Waals surface area (Å²) in [4.78, 5) is 25.8. The number of imidazole rings is 1. The quantitative estimate of drug-likeness (QED) is 0.291. The topological polar surface area (TPSA) is 83.1 Å². The molecule has 0 aliphatic carbocycles. The number of piperidine rings is 1. The Bertz CT molecular complexity index is 1230. The Morgan fingerprint density at radius 2 is 1.91 bits per heavy atom. The highest BCUT2D eigenvalue weighted by Crippen LogP contribution is 2.24. The summed E-state index contributed by atoms with van der Waals surface area (Å²) < 4.78 is 5.88. The number of nitrogens with zero attached hydrogens (tertiary/aromatic N) is 3. The van der Waals surface area contributed by atoms with Crippen LogP contribution >= 0.6 is 0 Å². The van der Waals surface area contributed by atoms with Crippen LogP contribution in [0.5, 0.6) is 5.75 Å². The van der Waals surface area contributed by atoms with E-state index in [1.807, 2.05) is 66.7 Å². The Hall–Kier alpha value is -3.65. The van der Waals surface area contributed by atoms with Gasteiger partial charge in [0.15, 0.2) is 5.65 Å². The predicted molar refractivity (Wildman–Crippen MR) is 135 cm³/mol. The van der Waals surface area contributed by atoms with Gasteiger partial charge in [-0.25, -0.2) is 9.97 Å². The smallest absolute Gasteiger partial charge is 0.293 e. The first-order valence-corrected chi connectivity index (χ1v) is 11.7. The molecule has 1 aliphatic rings. The molecule has 3 heterocycles. The minimum absolute atomic E-state index is 0.300. The normalized spacial score (nSPS) is 16.3. The monoisotopic (exact) mass is 452 g/mol. The Kier molecular flexibility index (Phi) is 6.86. The fourth-order valence-electron chi connectivity index (χ4n) is 4.32. The van der Waals surface area contributed by atoms with Crippen LogP contribution in [0.3, 0.4) is 0 Å². The van der Waals surface area contributed by atoms with Gasteiger partial charge in [0.25, 0.3) is 7.41 Å². The molecule has 2 N–H and O–H groups in total. The number of rotatable bonds is 9. The van der Waals surface area contributed by atoms with E-state index < -0.39 is 0 Å². The number of H-pyrrole nitrogens is 1. The zero-order valence-electron chi connectivity index (χ0n) is 19.0. The van der Waals surface area contributed by atoms with Crippen molar-refractivity contribution in [1.82, 2.24) is 19.8 Å². The van der Waals surface area contributed by atoms with Gasteiger partial charge in [0, 0.05) is 18.2 Å². The largest absolute Gasteiger partial charge is 0.489 e. The average molecular weight is 452 g/mol. The number of pyridine rings is 1. The highest BCUT2D eigenvalue weighted by atomic mass is 16.5. The minimum Gasteiger partial charge on any atom is -0.489 e. The van der Waals surface area contributed by atoms with E-state index in [0.717, 1.165) is 66.2 Å². The molecule has 2 aromatic heterocycles. The number of fused-ring (bicyclic) bond motifs is 1. The molecule has 171 valence electrons. The molecular formula is C26H27BN5O2. The second-order valence-electron chi connectivity index (χ2n) is 8.51. The molecule has 2 aromatic carbocycles. The summed E-state index contributed by atoms with van der Waals surface area (Å²) in [5.74, 6) is 2.37. The van der Waals surface area contributed by atoms with Gasteiger partial charge in [0.2, 0.25) is 0 Å². The molecule has 0 saturated carbocycles. The molecule has 1 saturated heterocycles. The Balaban J connectivity index is 1.23. The first kappa shape index (κ1) is 22.2. The summed E-state index contributed by atoms with van der Waals surface area (Å²) in [6, 6.07) is 22.3. The van der Waals surface area contributed by atoms with Gasteiger partial charge < -0.3 is 24.6 Å². The number of aromatic amines is 1. The second kappa shape index (κ2) is 10.5. The molecular weight excluding hydrogens is 425 g/mol. The van der Waals surface area contributed by atoms with Crippen molar-refractivity contribution >= 4 is 30.6 Å². The van der Waals surface area contributed by atoms with Crippen molar-refractivity contribution in [2.45, 2.75) is 31.9 Å². The Morgan fingerprint density at radius 3 is 2.74 bits per heavy atom. The number of hydrogen-bond acceptors (Lipinski definition) is 6. The fourth-order valence-corrected chi connectivity index (χ4v) is 4.32. The van der Waals surface area contributed by atoms with Crippen LogP contribution in [-0.4, -0.2) is 52.5 Å². The molecule has 4 aromatic rings. The number of carbonyl (C=O) groups excluding carboxylic acids is 1. The fraction of sp³-hybridized carbons (Fsp3) is 0.269. The maximum Gasteiger partial charge on any atom is 0.293 e. The van der Waals surface area contributed by atoms with E-state index in [2.05, 4.69) is 20.1 Å². The SMILES string of the molecule is O=C[B]N1CCCCC1CNc1ccc2[nH]c(-c3ccc(OCc4ccccc4)cc3)nc2n1. The van der Waals surface area contributed by atoms with E-state index in [4.69, 9.17) is 9.72 Å². The Labute approximate surface area is 199 Å². The number of hydrogen-bond donors (Lipinski definition) is 2. The van der Waals surface area contributed by atoms with Crippen LogP contribution in [0.25, 0.3) is 22.6 Å². The highest BCUT2D eigenvalue weighted by molar-refractivity contribution is 6.64. The van der Waals surface area contributed by atoms with E-state index in [0.29, 0.717) is 18.3 Å². The summed E-state index contributed by atoms with van der Waals surface area (Å²) in [5.41, 5.74) is 3.67. The first-order chi connectivity index (χ1) is 16.8. The minimum atomic E-state index is 0.300. The van der Waals surface area contributed by atoms with Crippen LogP contribution in [0.4, 0.5) is 5.82 Å². The molecule has 0 spiro atoms. The summed E-state index contributed by atoms with van der Waals surface area (Å²) in [6.07, 6.45) is 4.25. The van der Waals surface area contributed by atoms with Crippen molar-refractivity contribution in [3.8, 4) is 17.1 Å². The van der Waals surface area contributed by atoms with Crippen molar-refractivity contribution in [3.05, 3.63) is 72.3 Å². The average Bonchev–Trinajstić information content (AvgIpc) is 3.32. The van der Waals surface area contributed by atoms with Crippen molar-refractivity contribution in [3.63, 3.8) is 0 Å². The third-order valence-corrected chi connectivity index (χ3v) is 6.17. The van der Waals surface area contributed by atoms with Crippen LogP contribution < -0.4 is 10.1 Å². The van der Waals surface area contributed by atoms with Crippen LogP contribution in [0.1, 0.15) is 24.8 Å². The number of nitrogens with one attached hydrogen (secondary N) is 2. The van der Waals surface area contributed by atoms with Crippen molar-refractivity contribution in [2.75, 3.05) is 18.4 Å². The van der Waals surface area contributed by atoms with Gasteiger partial charge in [0.05, 0.1) is 11.7 Å². The molecule has 1 fully saturated rings. The first-order valence-electron chi connectivity index (χ1n) is 11.7. The number of benzene rings is 2. The highest BCUT2D eigenvalue weighted by Gasteiger charge is 2.22. The van der Waals surface area contributed by atoms with Crippen molar-refractivity contribution < 1.29 is 9.53 Å². The maximum absolute atomic E-state index is 10.9. The van der Waals surface area contributed by atoms with Gasteiger partial charge in [-0.05, 0) is 61.3 Å². The predicted octanol–water partition coefficient (Wildman–Crippen LogP) is 4.28. The van der Waals surface area contributed by atoms with Crippen LogP contribution in [0, 0.1) is 0 Å². The van der Waals surface area contributed by atoms with Gasteiger partial charge in [0.1, 0.15) is 24.0 Å². The standard InChI is InChI=1S/C26H27BN5O2/c33-18-27-32-15-5-4-8-21(32)16-28-24-14-13-23-26(30-24)31-25(29-23)20-9-11-22(12-10-20)34-17-19-6-2-1-3-7-19/h1-3,6-7,9-14,18,21H,4-5,8,15-17H2,(H2,28,29,30,31). The number of aromatic nitrogens is 3. The maximum atomic E-state index is 10.9. The van der Waals surface area contributed by atoms with Crippen LogP contribution in [0.15, 0.2) is 66.7 Å². The van der Waals surface area contributed by atoms with Crippen molar-refractivity contribution in [2.24, 2.45) is 0 Å². The van der Waals surface area contributed by atoms with E-state index in [1.54, 1.807) is 7.41 Å². The zero-order chi connectivity index (χ0) is 23.2. The van der Waals surface area contributed by atoms with Crippen LogP contribution in [-0.2, 0) is 11.4 Å². The summed E-state index contributed by atoms with van der Waals surface area (Å²) >= 11 is 0. The molecule has 1 radical (unpaired) electrons. The second-order valence-corrected chi connectivity index (χ2v) is 8.51. The summed E-state index contributed by atoms with van der Waals surface area (Å²) in [7, 11) is 1.65. The molecule has 5 rings (SSSR count). The molecule has 0 amide bonds. The Morgan fingerprint density at radius 1 is 1.06 bits per heavy atom. The third-order valence-electron chi connectivity index (χ3n) is 6.17. The number of carbonyl (C=O) groups is 1. The van der Waals surface area contributed by atoms with Gasteiger partial charge in [-0.1, -0.05) is 36.8 Å². The molecule has 34 heavy (non-hydrogen) atoms. The van der Waals surface area contributed by atoms with E-state index in [9.17, 15) is 4.79 Å². The molecule has 8 heteroatoms. The lowest BCUT2D eigenvalue weighted by molar-refractivity contribution is 0.269. The third kappa shape index (κ3) is 5.29. The lowest BCUT2D eigenvalue weighted by Crippen LogP contribution is -2.46. The summed E-state index contributed by atoms with van der Waals surface area (Å²) in [6.45, 7) is 2.21. The molecule has 0 bridgehead atoms. The van der Waals surface area contributed by atoms with Gasteiger partial charge in [-0.3, -0.25) is 0 Å². The van der Waals surface area contributed by atoms with Crippen LogP contribution in [0.2, 0.25) is 0 Å². The van der Waals surface area contributed by atoms with Crippen molar-refractivity contribution in [1.29, 1.82) is 0 Å². The lowest BCUT2D eigenvalue weighted by atomic mass is 9.86. The zero-order valence-corrected chi connectivity index (χ0v) is 19.0. The molecule has 1 atom stereocenters. The van der Waals surface area contributed by atoms with Gasteiger partial charge in [-0.2, -0.15) is 0 Å². The van der Waals surface area contributed by atoms with Gasteiger partial charge in [-0.15, -0.1) is 0 Å². The van der Waals surface area contributed by atoms with E-state index in [-0.39, 0.29) is 0 Å². The lowest BCUT2D eigenvalue weighted by Gasteiger charge is -2.34.